The number of thiazole rings is 2. The number of rotatable bonds is 5. The number of carbonyl (C=O) groups excluding carboxylic acids is 1. The molecule has 2 N–H and O–H groups in total. The summed E-state index contributed by atoms with van der Waals surface area (Å²) in [6.45, 7) is 5.21. The molecular weight excluding hydrogens is 374 g/mol. The average Bonchev–Trinajstić information content (AvgIpc) is 3.25. The van der Waals surface area contributed by atoms with Gasteiger partial charge in [0.2, 0.25) is 0 Å². The molecule has 3 aromatic rings. The van der Waals surface area contributed by atoms with Crippen molar-refractivity contribution in [2.45, 2.75) is 26.8 Å². The first-order valence-electron chi connectivity index (χ1n) is 7.74. The van der Waals surface area contributed by atoms with Crippen molar-refractivity contribution in [3.63, 3.8) is 0 Å². The van der Waals surface area contributed by atoms with Gasteiger partial charge in [0.25, 0.3) is 5.91 Å². The fraction of sp³-hybridized carbons (Fsp3) is 0.312. The van der Waals surface area contributed by atoms with Crippen LogP contribution in [-0.2, 0) is 7.05 Å². The van der Waals surface area contributed by atoms with Crippen molar-refractivity contribution in [3.05, 3.63) is 38.5 Å². The molecule has 3 heterocycles. The lowest BCUT2D eigenvalue weighted by atomic mass is 10.3. The molecule has 1 amide bonds. The van der Waals surface area contributed by atoms with Crippen LogP contribution < -0.4 is 5.32 Å². The second kappa shape index (κ2) is 6.96. The molecule has 0 bridgehead atoms. The van der Waals surface area contributed by atoms with Crippen LogP contribution in [0.15, 0.2) is 12.4 Å². The van der Waals surface area contributed by atoms with Crippen LogP contribution in [0.2, 0.25) is 0 Å². The summed E-state index contributed by atoms with van der Waals surface area (Å²) in [6.07, 6.45) is 3.54. The molecule has 10 heteroatoms. The fourth-order valence-electron chi connectivity index (χ4n) is 2.39. The van der Waals surface area contributed by atoms with Crippen LogP contribution >= 0.6 is 22.7 Å². The van der Waals surface area contributed by atoms with Crippen molar-refractivity contribution in [3.8, 4) is 10.6 Å². The van der Waals surface area contributed by atoms with E-state index in [2.05, 4.69) is 20.4 Å². The van der Waals surface area contributed by atoms with Crippen molar-refractivity contribution in [1.29, 1.82) is 0 Å². The van der Waals surface area contributed by atoms with Gasteiger partial charge >= 0.3 is 5.97 Å². The van der Waals surface area contributed by atoms with Crippen molar-refractivity contribution >= 4 is 34.6 Å². The number of aryl methyl sites for hydroxylation is 3. The molecule has 136 valence electrons. The largest absolute Gasteiger partial charge is 0.477 e. The van der Waals surface area contributed by atoms with Gasteiger partial charge in [-0.3, -0.25) is 9.48 Å². The summed E-state index contributed by atoms with van der Waals surface area (Å²) in [5, 5.41) is 17.4. The van der Waals surface area contributed by atoms with Crippen LogP contribution in [0.4, 0.5) is 0 Å². The van der Waals surface area contributed by atoms with Gasteiger partial charge in [0, 0.05) is 18.8 Å². The molecular formula is C16H17N5O3S2. The molecule has 0 fully saturated rings. The first-order chi connectivity index (χ1) is 12.3. The molecule has 3 rings (SSSR count). The van der Waals surface area contributed by atoms with E-state index in [-0.39, 0.29) is 10.8 Å². The molecule has 0 aliphatic carbocycles. The lowest BCUT2D eigenvalue weighted by Gasteiger charge is -2.10. The third-order valence-corrected chi connectivity index (χ3v) is 6.21. The van der Waals surface area contributed by atoms with E-state index in [0.717, 1.165) is 21.9 Å². The quantitative estimate of drug-likeness (QED) is 0.692. The topological polar surface area (TPSA) is 110 Å². The zero-order valence-electron chi connectivity index (χ0n) is 14.6. The highest BCUT2D eigenvalue weighted by Gasteiger charge is 2.22. The van der Waals surface area contributed by atoms with E-state index in [1.165, 1.54) is 11.3 Å². The first kappa shape index (κ1) is 18.2. The third kappa shape index (κ3) is 3.51. The number of aromatic carboxylic acids is 1. The molecule has 0 aromatic carbocycles. The minimum Gasteiger partial charge on any atom is -0.477 e. The molecule has 1 atom stereocenters. The van der Waals surface area contributed by atoms with Gasteiger partial charge in [-0.1, -0.05) is 0 Å². The smallest absolute Gasteiger partial charge is 0.347 e. The maximum Gasteiger partial charge on any atom is 0.347 e. The Labute approximate surface area is 157 Å². The number of aromatic nitrogens is 4. The summed E-state index contributed by atoms with van der Waals surface area (Å²) in [7, 11) is 1.82. The van der Waals surface area contributed by atoms with E-state index in [1.54, 1.807) is 31.6 Å². The van der Waals surface area contributed by atoms with Gasteiger partial charge in [-0.2, -0.15) is 5.10 Å². The van der Waals surface area contributed by atoms with Gasteiger partial charge in [0.05, 0.1) is 23.6 Å². The van der Waals surface area contributed by atoms with Gasteiger partial charge < -0.3 is 10.4 Å². The number of amides is 1. The van der Waals surface area contributed by atoms with Gasteiger partial charge in [-0.15, -0.1) is 22.7 Å². The predicted molar refractivity (Wildman–Crippen MR) is 98.7 cm³/mol. The van der Waals surface area contributed by atoms with Gasteiger partial charge in [0.15, 0.2) is 0 Å². The Morgan fingerprint density at radius 1 is 1.19 bits per heavy atom. The van der Waals surface area contributed by atoms with Crippen molar-refractivity contribution < 1.29 is 14.7 Å². The monoisotopic (exact) mass is 391 g/mol. The second-order valence-corrected chi connectivity index (χ2v) is 7.83. The van der Waals surface area contributed by atoms with Crippen LogP contribution in [0.3, 0.4) is 0 Å². The Hall–Kier alpha value is -2.59. The van der Waals surface area contributed by atoms with Crippen molar-refractivity contribution in [2.24, 2.45) is 7.05 Å². The Kier molecular flexibility index (Phi) is 4.88. The highest BCUT2D eigenvalue weighted by Crippen LogP contribution is 2.29. The van der Waals surface area contributed by atoms with Gasteiger partial charge in [-0.25, -0.2) is 14.8 Å². The molecule has 26 heavy (non-hydrogen) atoms. The molecule has 0 saturated carbocycles. The number of carboxylic acids is 1. The maximum absolute atomic E-state index is 12.6. The minimum absolute atomic E-state index is 0.189. The summed E-state index contributed by atoms with van der Waals surface area (Å²) in [6, 6.07) is -0.400. The summed E-state index contributed by atoms with van der Waals surface area (Å²) in [4.78, 5) is 33.2. The zero-order valence-corrected chi connectivity index (χ0v) is 16.2. The Morgan fingerprint density at radius 3 is 2.46 bits per heavy atom. The van der Waals surface area contributed by atoms with E-state index < -0.39 is 12.0 Å². The Morgan fingerprint density at radius 2 is 1.88 bits per heavy atom. The Balaban J connectivity index is 1.78. The van der Waals surface area contributed by atoms with Crippen LogP contribution in [0.25, 0.3) is 10.6 Å². The average molecular weight is 391 g/mol. The summed E-state index contributed by atoms with van der Waals surface area (Å²) in [5.41, 5.74) is 1.95. The predicted octanol–water partition coefficient (Wildman–Crippen LogP) is 2.81. The van der Waals surface area contributed by atoms with Gasteiger partial charge in [0.1, 0.15) is 19.8 Å². The normalized spacial score (nSPS) is 12.2. The molecule has 0 saturated heterocycles. The van der Waals surface area contributed by atoms with Crippen LogP contribution in [-0.4, -0.2) is 36.7 Å². The number of carbonyl (C=O) groups is 2. The first-order valence-corrected chi connectivity index (χ1v) is 9.37. The van der Waals surface area contributed by atoms with E-state index in [0.29, 0.717) is 21.3 Å². The van der Waals surface area contributed by atoms with Crippen LogP contribution in [0.1, 0.15) is 48.7 Å². The van der Waals surface area contributed by atoms with E-state index >= 15 is 0 Å². The number of hydrogen-bond acceptors (Lipinski definition) is 7. The number of nitrogens with zero attached hydrogens (tertiary/aromatic N) is 4. The van der Waals surface area contributed by atoms with Gasteiger partial charge in [-0.05, 0) is 20.8 Å². The number of nitrogens with one attached hydrogen (secondary N) is 1. The SMILES string of the molecule is Cc1nc(C(C)NC(=O)c2sc(-c3cnn(C)c3)nc2C)sc1C(=O)O. The lowest BCUT2D eigenvalue weighted by molar-refractivity contribution is 0.0701. The molecule has 0 radical (unpaired) electrons. The van der Waals surface area contributed by atoms with Crippen molar-refractivity contribution in [2.75, 3.05) is 0 Å². The number of hydrogen-bond donors (Lipinski definition) is 2. The summed E-state index contributed by atoms with van der Waals surface area (Å²) in [5.74, 6) is -1.27. The lowest BCUT2D eigenvalue weighted by Crippen LogP contribution is -2.26. The summed E-state index contributed by atoms with van der Waals surface area (Å²) >= 11 is 2.37. The third-order valence-electron chi connectivity index (χ3n) is 3.68. The molecule has 0 aliphatic rings. The molecule has 0 spiro atoms. The van der Waals surface area contributed by atoms with Crippen LogP contribution in [0, 0.1) is 13.8 Å². The highest BCUT2D eigenvalue weighted by atomic mass is 32.1. The van der Waals surface area contributed by atoms with E-state index in [9.17, 15) is 9.59 Å². The number of carboxylic acid groups (broad SMARTS) is 1. The van der Waals surface area contributed by atoms with E-state index in [4.69, 9.17) is 5.11 Å². The Bertz CT molecular complexity index is 988. The summed E-state index contributed by atoms with van der Waals surface area (Å²) < 4.78 is 1.68. The molecule has 3 aromatic heterocycles. The minimum atomic E-state index is -1.01. The van der Waals surface area contributed by atoms with Crippen molar-refractivity contribution in [1.82, 2.24) is 25.1 Å². The van der Waals surface area contributed by atoms with E-state index in [1.807, 2.05) is 13.2 Å². The standard InChI is InChI=1S/C16H17N5O3S2/c1-7-11(25-15(20-7)10-5-17-21(4)6-10)13(22)18-9(3)14-19-8(2)12(26-14)16(23)24/h5-6,9H,1-4H3,(H,18,22)(H,23,24). The zero-order chi connectivity index (χ0) is 19.0. The second-order valence-electron chi connectivity index (χ2n) is 5.80. The highest BCUT2D eigenvalue weighted by molar-refractivity contribution is 7.17. The molecule has 8 nitrogen and oxygen atoms in total. The molecule has 0 aliphatic heterocycles. The van der Waals surface area contributed by atoms with Crippen LogP contribution in [0.5, 0.6) is 0 Å². The molecule has 1 unspecified atom stereocenters. The maximum atomic E-state index is 12.6. The fourth-order valence-corrected chi connectivity index (χ4v) is 4.24.